The van der Waals surface area contributed by atoms with Crippen LogP contribution < -0.4 is 32.5 Å². The second-order valence-corrected chi connectivity index (χ2v) is 8.85. The summed E-state index contributed by atoms with van der Waals surface area (Å²) >= 11 is 0. The molecule has 0 aliphatic carbocycles. The van der Waals surface area contributed by atoms with Gasteiger partial charge in [-0.15, -0.1) is 0 Å². The van der Waals surface area contributed by atoms with Crippen molar-refractivity contribution in [3.8, 4) is 0 Å². The Morgan fingerprint density at radius 2 is 0.778 bits per heavy atom. The summed E-state index contributed by atoms with van der Waals surface area (Å²) in [6.45, 7) is 1.72. The van der Waals surface area contributed by atoms with Gasteiger partial charge in [0.2, 0.25) is 0 Å². The van der Waals surface area contributed by atoms with Crippen LogP contribution in [0.3, 0.4) is 0 Å². The van der Waals surface area contributed by atoms with Crippen LogP contribution in [0.1, 0.15) is 6.92 Å². The largest absolute Gasteiger partial charge is 4.00 e. The van der Waals surface area contributed by atoms with Crippen LogP contribution in [0.2, 0.25) is 0 Å². The minimum atomic E-state index is -5.21. The second-order valence-electron chi connectivity index (χ2n) is 3.19. The van der Waals surface area contributed by atoms with Crippen molar-refractivity contribution >= 4 is 31.3 Å². The summed E-state index contributed by atoms with van der Waals surface area (Å²) in [5, 5.41) is 36.9. The molecule has 0 saturated heterocycles. The van der Waals surface area contributed by atoms with Crippen molar-refractivity contribution in [3.05, 3.63) is 0 Å². The number of nitrogens with two attached hydrogens (primary N) is 2. The molecule has 0 heterocycles. The van der Waals surface area contributed by atoms with Crippen LogP contribution in [0, 0.1) is 0 Å². The van der Waals surface area contributed by atoms with Gasteiger partial charge in [0.1, 0.15) is 0 Å². The predicted molar refractivity (Wildman–Crippen MR) is 63.6 cm³/mol. The molecule has 4 unspecified atom stereocenters. The molecule has 0 fully saturated rings. The standard InChI is InChI=1S/C2H8N2.2H4O9P2.Pt/c1-2(3)4;2*1-7-10(3,4)9-11(5,6)8-2;/h2H,3-4H2,1H3;2*1-2H,(H,3,4)(H,5,6);/q;;;+4/p-4. The third kappa shape index (κ3) is 27.0. The van der Waals surface area contributed by atoms with E-state index in [-0.39, 0.29) is 27.2 Å². The van der Waals surface area contributed by atoms with E-state index in [1.807, 2.05) is 0 Å². The van der Waals surface area contributed by atoms with Crippen LogP contribution in [-0.2, 0) is 66.6 Å². The van der Waals surface area contributed by atoms with E-state index in [1.54, 1.807) is 6.92 Å². The molecule has 4 atom stereocenters. The smallest absolute Gasteiger partial charge is 0.714 e. The molecule has 0 saturated carbocycles. The Morgan fingerprint density at radius 1 is 0.667 bits per heavy atom. The quantitative estimate of drug-likeness (QED) is 0.0608. The van der Waals surface area contributed by atoms with Crippen LogP contribution in [0.25, 0.3) is 0 Å². The molecule has 25 heteroatoms. The molecular weight excluding hydrogens is 659 g/mol. The van der Waals surface area contributed by atoms with Crippen LogP contribution >= 0.6 is 31.3 Å². The van der Waals surface area contributed by atoms with Gasteiger partial charge in [0, 0.05) is 6.17 Å². The van der Waals surface area contributed by atoms with E-state index in [0.29, 0.717) is 0 Å². The van der Waals surface area contributed by atoms with E-state index in [9.17, 15) is 39.3 Å². The van der Waals surface area contributed by atoms with Crippen LogP contribution in [-0.4, -0.2) is 25.7 Å². The van der Waals surface area contributed by atoms with E-state index in [2.05, 4.69) is 27.3 Å². The molecule has 27 heavy (non-hydrogen) atoms. The van der Waals surface area contributed by atoms with Gasteiger partial charge in [-0.2, -0.15) is 8.62 Å². The van der Waals surface area contributed by atoms with Gasteiger partial charge in [-0.3, -0.25) is 0 Å². The Bertz CT molecular complexity index is 473. The predicted octanol–water partition coefficient (Wildman–Crippen LogP) is -5.18. The summed E-state index contributed by atoms with van der Waals surface area (Å²) in [4.78, 5) is 32.1. The zero-order chi connectivity index (χ0) is 21.8. The molecule has 0 rings (SSSR count). The molecule has 20 nitrogen and oxygen atoms in total. The monoisotopic (exact) mass is 671 g/mol. The molecule has 0 amide bonds. The molecule has 0 aromatic rings. The topological polar surface area (TPSA) is 349 Å². The molecule has 0 radical (unpaired) electrons. The number of phosphoric acid groups is 4. The Labute approximate surface area is 163 Å². The summed E-state index contributed by atoms with van der Waals surface area (Å²) in [5.74, 6) is 0. The van der Waals surface area contributed by atoms with Crippen molar-refractivity contribution in [2.45, 2.75) is 13.1 Å². The minimum Gasteiger partial charge on any atom is -0.714 e. The number of rotatable bonds is 8. The van der Waals surface area contributed by atoms with Gasteiger partial charge in [0.25, 0.3) is 0 Å². The molecule has 0 aliphatic heterocycles. The SMILES string of the molecule is CC(N)N.O=P(O)(O[O-])OP(=O)(O)O[O-].O=P(O)(O[O-])OP(=O)(O)O[O-].[Pt+4]. The van der Waals surface area contributed by atoms with E-state index >= 15 is 0 Å². The fourth-order valence-corrected chi connectivity index (χ4v) is 2.84. The van der Waals surface area contributed by atoms with Crippen molar-refractivity contribution < 1.29 is 107 Å². The first kappa shape index (κ1) is 35.4. The maximum atomic E-state index is 10.0. The minimum absolute atomic E-state index is 0. The van der Waals surface area contributed by atoms with Crippen LogP contribution in [0.15, 0.2) is 0 Å². The van der Waals surface area contributed by atoms with Crippen LogP contribution in [0.4, 0.5) is 0 Å². The summed E-state index contributed by atoms with van der Waals surface area (Å²) in [6.07, 6.45) is -0.167. The molecule has 168 valence electrons. The average Bonchev–Trinajstić information content (AvgIpc) is 2.45. The molecule has 0 aliphatic rings. The first-order valence-corrected chi connectivity index (χ1v) is 10.9. The van der Waals surface area contributed by atoms with Gasteiger partial charge in [-0.1, -0.05) is 0 Å². The zero-order valence-electron chi connectivity index (χ0n) is 12.3. The Morgan fingerprint density at radius 3 is 0.852 bits per heavy atom. The van der Waals surface area contributed by atoms with Crippen molar-refractivity contribution in [2.24, 2.45) is 11.5 Å². The van der Waals surface area contributed by atoms with Gasteiger partial charge in [0.05, 0.1) is 0 Å². The van der Waals surface area contributed by atoms with Gasteiger partial charge >= 0.3 is 52.4 Å². The van der Waals surface area contributed by atoms with Crippen molar-refractivity contribution in [1.29, 1.82) is 0 Å². The first-order chi connectivity index (χ1) is 11.4. The van der Waals surface area contributed by atoms with Gasteiger partial charge in [-0.05, 0) is 6.92 Å². The maximum absolute atomic E-state index is 10.0. The Kier molecular flexibility index (Phi) is 20.7. The Balaban J connectivity index is -0.000000159. The maximum Gasteiger partial charge on any atom is 4.00 e. The third-order valence-electron chi connectivity index (χ3n) is 0.789. The fourth-order valence-electron chi connectivity index (χ4n) is 0.315. The molecule has 0 bridgehead atoms. The van der Waals surface area contributed by atoms with Gasteiger partial charge in [0.15, 0.2) is 0 Å². The summed E-state index contributed by atoms with van der Waals surface area (Å²) in [6, 6.07) is 0. The number of hydrogen-bond acceptors (Lipinski definition) is 16. The molecule has 0 spiro atoms. The first-order valence-electron chi connectivity index (χ1n) is 4.90. The van der Waals surface area contributed by atoms with E-state index < -0.39 is 31.3 Å². The fraction of sp³-hybridized carbons (Fsp3) is 1.00. The van der Waals surface area contributed by atoms with Gasteiger partial charge in [-0.25, -0.2) is 18.3 Å². The third-order valence-corrected chi connectivity index (χ3v) is 4.84. The summed E-state index contributed by atoms with van der Waals surface area (Å²) < 4.78 is 56.0. The molecular formula is C2H12N2O18P4Pt. The van der Waals surface area contributed by atoms with Crippen molar-refractivity contribution in [2.75, 3.05) is 0 Å². The summed E-state index contributed by atoms with van der Waals surface area (Å²) in [7, 11) is -20.8. The zero-order valence-corrected chi connectivity index (χ0v) is 18.2. The van der Waals surface area contributed by atoms with Gasteiger partial charge < -0.3 is 70.8 Å². The van der Waals surface area contributed by atoms with Crippen molar-refractivity contribution in [1.82, 2.24) is 0 Å². The van der Waals surface area contributed by atoms with Crippen LogP contribution in [0.5, 0.6) is 0 Å². The summed E-state index contributed by atoms with van der Waals surface area (Å²) in [5.41, 5.74) is 9.78. The molecule has 8 N–H and O–H groups in total. The van der Waals surface area contributed by atoms with E-state index in [0.717, 1.165) is 0 Å². The van der Waals surface area contributed by atoms with E-state index in [4.69, 9.17) is 31.0 Å². The molecule has 0 aromatic heterocycles. The number of hydrogen-bond donors (Lipinski definition) is 6. The van der Waals surface area contributed by atoms with E-state index in [1.165, 1.54) is 0 Å². The average molecular weight is 671 g/mol. The Hall–Kier alpha value is 0.968. The molecule has 0 aromatic carbocycles. The normalized spacial score (nSPS) is 19.4. The van der Waals surface area contributed by atoms with Crippen molar-refractivity contribution in [3.63, 3.8) is 0 Å². The second kappa shape index (κ2) is 15.8.